The van der Waals surface area contributed by atoms with E-state index in [1.165, 1.54) is 17.8 Å². The summed E-state index contributed by atoms with van der Waals surface area (Å²) >= 11 is 1.46. The van der Waals surface area contributed by atoms with Gasteiger partial charge in [-0.05, 0) is 37.3 Å². The highest BCUT2D eigenvalue weighted by molar-refractivity contribution is 7.98. The van der Waals surface area contributed by atoms with E-state index in [0.717, 1.165) is 4.90 Å². The molecule has 1 rings (SSSR count). The molecule has 0 radical (unpaired) electrons. The number of benzene rings is 1. The van der Waals surface area contributed by atoms with E-state index in [-0.39, 0.29) is 28.7 Å². The van der Waals surface area contributed by atoms with E-state index in [0.29, 0.717) is 5.69 Å². The molecular formula is C16H26N2O3S2. The number of rotatable bonds is 7. The van der Waals surface area contributed by atoms with Gasteiger partial charge in [0.15, 0.2) is 0 Å². The largest absolute Gasteiger partial charge is 0.325 e. The van der Waals surface area contributed by atoms with Crippen LogP contribution in [0, 0.1) is 11.8 Å². The van der Waals surface area contributed by atoms with Gasteiger partial charge in [-0.15, -0.1) is 11.8 Å². The molecular weight excluding hydrogens is 332 g/mol. The maximum Gasteiger partial charge on any atom is 0.240 e. The first-order chi connectivity index (χ1) is 10.6. The van der Waals surface area contributed by atoms with Crippen LogP contribution in [0.4, 0.5) is 5.69 Å². The SMILES string of the molecule is CSc1ccc(S(=O)(=O)NC(C)C(C)C)cc1NC(=O)C(C)C. The average Bonchev–Trinajstić information content (AvgIpc) is 2.46. The van der Waals surface area contributed by atoms with Crippen LogP contribution < -0.4 is 10.0 Å². The summed E-state index contributed by atoms with van der Waals surface area (Å²) in [5.41, 5.74) is 0.524. The summed E-state index contributed by atoms with van der Waals surface area (Å²) in [5, 5.41) is 2.80. The predicted octanol–water partition coefficient (Wildman–Crippen LogP) is 3.33. The lowest BCUT2D eigenvalue weighted by molar-refractivity contribution is -0.118. The van der Waals surface area contributed by atoms with Gasteiger partial charge in [-0.25, -0.2) is 13.1 Å². The predicted molar refractivity (Wildman–Crippen MR) is 96.3 cm³/mol. The Bertz CT molecular complexity index is 655. The molecule has 23 heavy (non-hydrogen) atoms. The summed E-state index contributed by atoms with van der Waals surface area (Å²) in [6, 6.07) is 4.62. The molecule has 0 aromatic heterocycles. The smallest absolute Gasteiger partial charge is 0.240 e. The van der Waals surface area contributed by atoms with E-state index >= 15 is 0 Å². The Kier molecular flexibility index (Phi) is 7.10. The van der Waals surface area contributed by atoms with Crippen LogP contribution in [0.2, 0.25) is 0 Å². The second-order valence-electron chi connectivity index (χ2n) is 6.16. The fourth-order valence-electron chi connectivity index (χ4n) is 1.68. The van der Waals surface area contributed by atoms with E-state index < -0.39 is 10.0 Å². The molecule has 130 valence electrons. The van der Waals surface area contributed by atoms with Crippen molar-refractivity contribution < 1.29 is 13.2 Å². The van der Waals surface area contributed by atoms with E-state index in [9.17, 15) is 13.2 Å². The first-order valence-corrected chi connectivity index (χ1v) is 10.3. The zero-order valence-electron chi connectivity index (χ0n) is 14.5. The van der Waals surface area contributed by atoms with Gasteiger partial charge in [0.05, 0.1) is 10.6 Å². The van der Waals surface area contributed by atoms with Crippen molar-refractivity contribution in [1.82, 2.24) is 4.72 Å². The number of anilines is 1. The van der Waals surface area contributed by atoms with Crippen molar-refractivity contribution in [3.63, 3.8) is 0 Å². The van der Waals surface area contributed by atoms with Crippen LogP contribution in [-0.4, -0.2) is 26.6 Å². The van der Waals surface area contributed by atoms with Crippen LogP contribution in [0.5, 0.6) is 0 Å². The second kappa shape index (κ2) is 8.17. The summed E-state index contributed by atoms with van der Waals surface area (Å²) < 4.78 is 27.6. The van der Waals surface area contributed by atoms with Crippen molar-refractivity contribution >= 4 is 33.4 Å². The van der Waals surface area contributed by atoms with Gasteiger partial charge in [0.1, 0.15) is 0 Å². The summed E-state index contributed by atoms with van der Waals surface area (Å²) in [6.45, 7) is 9.33. The number of hydrogen-bond acceptors (Lipinski definition) is 4. The molecule has 0 saturated carbocycles. The Balaban J connectivity index is 3.16. The Morgan fingerprint density at radius 1 is 1.13 bits per heavy atom. The minimum Gasteiger partial charge on any atom is -0.325 e. The molecule has 0 saturated heterocycles. The first-order valence-electron chi connectivity index (χ1n) is 7.59. The van der Waals surface area contributed by atoms with E-state index in [1.54, 1.807) is 26.0 Å². The molecule has 0 spiro atoms. The zero-order valence-corrected chi connectivity index (χ0v) is 16.1. The number of hydrogen-bond donors (Lipinski definition) is 2. The summed E-state index contributed by atoms with van der Waals surface area (Å²) in [5.74, 6) is -0.127. The lowest BCUT2D eigenvalue weighted by atomic mass is 10.1. The molecule has 0 aliphatic carbocycles. The zero-order chi connectivity index (χ0) is 17.8. The molecule has 1 amide bonds. The van der Waals surface area contributed by atoms with E-state index in [2.05, 4.69) is 10.0 Å². The summed E-state index contributed by atoms with van der Waals surface area (Å²) in [6.07, 6.45) is 1.88. The van der Waals surface area contributed by atoms with Crippen molar-refractivity contribution in [3.05, 3.63) is 18.2 Å². The van der Waals surface area contributed by atoms with Crippen molar-refractivity contribution in [3.8, 4) is 0 Å². The van der Waals surface area contributed by atoms with Gasteiger partial charge in [0.25, 0.3) is 0 Å². The van der Waals surface area contributed by atoms with Crippen molar-refractivity contribution in [2.45, 2.75) is 50.5 Å². The summed E-state index contributed by atoms with van der Waals surface area (Å²) in [4.78, 5) is 12.9. The number of nitrogens with one attached hydrogen (secondary N) is 2. The Hall–Kier alpha value is -1.05. The van der Waals surface area contributed by atoms with Gasteiger partial charge in [0.2, 0.25) is 15.9 Å². The Labute approximate surface area is 143 Å². The van der Waals surface area contributed by atoms with E-state index in [4.69, 9.17) is 0 Å². The second-order valence-corrected chi connectivity index (χ2v) is 8.72. The van der Waals surface area contributed by atoms with E-state index in [1.807, 2.05) is 27.0 Å². The maximum atomic E-state index is 12.5. The third-order valence-corrected chi connectivity index (χ3v) is 5.96. The van der Waals surface area contributed by atoms with Gasteiger partial charge in [0, 0.05) is 16.9 Å². The molecule has 0 aliphatic rings. The van der Waals surface area contributed by atoms with Gasteiger partial charge < -0.3 is 5.32 Å². The Morgan fingerprint density at radius 3 is 2.22 bits per heavy atom. The van der Waals surface area contributed by atoms with Gasteiger partial charge in [-0.3, -0.25) is 4.79 Å². The molecule has 0 aliphatic heterocycles. The monoisotopic (exact) mass is 358 g/mol. The average molecular weight is 359 g/mol. The van der Waals surface area contributed by atoms with Gasteiger partial charge in [-0.2, -0.15) is 0 Å². The van der Waals surface area contributed by atoms with Crippen molar-refractivity contribution in [2.24, 2.45) is 11.8 Å². The van der Waals surface area contributed by atoms with Crippen LogP contribution in [0.25, 0.3) is 0 Å². The number of thioether (sulfide) groups is 1. The fourth-order valence-corrected chi connectivity index (χ4v) is 3.63. The number of amides is 1. The lowest BCUT2D eigenvalue weighted by Crippen LogP contribution is -2.36. The van der Waals surface area contributed by atoms with Crippen LogP contribution in [0.1, 0.15) is 34.6 Å². The van der Waals surface area contributed by atoms with Gasteiger partial charge in [-0.1, -0.05) is 27.7 Å². The Morgan fingerprint density at radius 2 is 1.74 bits per heavy atom. The van der Waals surface area contributed by atoms with Crippen molar-refractivity contribution in [1.29, 1.82) is 0 Å². The van der Waals surface area contributed by atoms with Crippen LogP contribution in [0.3, 0.4) is 0 Å². The molecule has 2 N–H and O–H groups in total. The van der Waals surface area contributed by atoms with Crippen LogP contribution >= 0.6 is 11.8 Å². The fraction of sp³-hybridized carbons (Fsp3) is 0.562. The molecule has 0 fully saturated rings. The quantitative estimate of drug-likeness (QED) is 0.733. The normalized spacial score (nSPS) is 13.4. The minimum absolute atomic E-state index is 0.140. The molecule has 0 bridgehead atoms. The van der Waals surface area contributed by atoms with Crippen LogP contribution in [-0.2, 0) is 14.8 Å². The molecule has 1 unspecified atom stereocenters. The van der Waals surface area contributed by atoms with Gasteiger partial charge >= 0.3 is 0 Å². The minimum atomic E-state index is -3.62. The molecule has 0 heterocycles. The highest BCUT2D eigenvalue weighted by atomic mass is 32.2. The molecule has 1 aromatic rings. The summed E-state index contributed by atoms with van der Waals surface area (Å²) in [7, 11) is -3.62. The number of carbonyl (C=O) groups is 1. The third-order valence-electron chi connectivity index (χ3n) is 3.60. The standard InChI is InChI=1S/C16H26N2O3S2/c1-10(2)12(5)18-23(20,21)13-7-8-15(22-6)14(9-13)17-16(19)11(3)4/h7-12,18H,1-6H3,(H,17,19). The number of carbonyl (C=O) groups excluding carboxylic acids is 1. The molecule has 7 heteroatoms. The molecule has 1 aromatic carbocycles. The van der Waals surface area contributed by atoms with Crippen LogP contribution in [0.15, 0.2) is 28.0 Å². The maximum absolute atomic E-state index is 12.5. The molecule has 5 nitrogen and oxygen atoms in total. The first kappa shape index (κ1) is 20.0. The topological polar surface area (TPSA) is 75.3 Å². The molecule has 1 atom stereocenters. The third kappa shape index (κ3) is 5.51. The lowest BCUT2D eigenvalue weighted by Gasteiger charge is -2.18. The highest BCUT2D eigenvalue weighted by Crippen LogP contribution is 2.28. The number of sulfonamides is 1. The highest BCUT2D eigenvalue weighted by Gasteiger charge is 2.21. The van der Waals surface area contributed by atoms with Crippen molar-refractivity contribution in [2.75, 3.05) is 11.6 Å².